The van der Waals surface area contributed by atoms with Gasteiger partial charge in [0.25, 0.3) is 0 Å². The molecule has 0 spiro atoms. The Balaban J connectivity index is 1.31. The molecule has 4 rings (SSSR count). The quantitative estimate of drug-likeness (QED) is 0.707. The highest BCUT2D eigenvalue weighted by Gasteiger charge is 2.31. The van der Waals surface area contributed by atoms with Gasteiger partial charge in [-0.15, -0.1) is 0 Å². The molecule has 1 atom stereocenters. The van der Waals surface area contributed by atoms with Gasteiger partial charge in [-0.25, -0.2) is 13.1 Å². The fourth-order valence-corrected chi connectivity index (χ4v) is 5.56. The summed E-state index contributed by atoms with van der Waals surface area (Å²) in [7, 11) is -3.52. The van der Waals surface area contributed by atoms with Gasteiger partial charge in [-0.2, -0.15) is 9.40 Å². The molecule has 1 aliphatic carbocycles. The molecule has 2 aromatic rings. The van der Waals surface area contributed by atoms with E-state index < -0.39 is 10.0 Å². The van der Waals surface area contributed by atoms with Crippen molar-refractivity contribution in [1.29, 1.82) is 0 Å². The molecule has 0 bridgehead atoms. The molecule has 0 radical (unpaired) electrons. The molecule has 2 aliphatic rings. The zero-order chi connectivity index (χ0) is 22.2. The van der Waals surface area contributed by atoms with E-state index in [1.54, 1.807) is 18.3 Å². The lowest BCUT2D eigenvalue weighted by molar-refractivity contribution is -0.117. The van der Waals surface area contributed by atoms with Crippen LogP contribution in [-0.2, 0) is 14.8 Å². The normalized spacial score (nSPS) is 19.3. The molecular weight excluding hydrogens is 414 g/mol. The molecule has 168 valence electrons. The first kappa shape index (κ1) is 22.0. The Kier molecular flexibility index (Phi) is 6.18. The Hall–Kier alpha value is -2.23. The van der Waals surface area contributed by atoms with E-state index >= 15 is 0 Å². The van der Waals surface area contributed by atoms with E-state index in [1.165, 1.54) is 17.1 Å². The maximum absolute atomic E-state index is 13.0. The summed E-state index contributed by atoms with van der Waals surface area (Å²) in [4.78, 5) is 14.9. The minimum absolute atomic E-state index is 0.102. The number of aryl methyl sites for hydroxylation is 2. The zero-order valence-electron chi connectivity index (χ0n) is 18.4. The number of nitrogens with one attached hydrogen (secondary N) is 1. The second-order valence-corrected chi connectivity index (χ2v) is 10.7. The topological polar surface area (TPSA) is 87.5 Å². The SMILES string of the molecule is Cc1ccc(S(=O)(=O)N2CCN(CC(=O)Nc3ccnn3C(C)C3CC3)CC2)cc1C. The van der Waals surface area contributed by atoms with Crippen LogP contribution in [0.3, 0.4) is 0 Å². The first-order valence-corrected chi connectivity index (χ1v) is 12.3. The lowest BCUT2D eigenvalue weighted by atomic mass is 10.1. The van der Waals surface area contributed by atoms with Crippen LogP contribution in [-0.4, -0.2) is 66.0 Å². The van der Waals surface area contributed by atoms with Gasteiger partial charge in [0.15, 0.2) is 0 Å². The Labute approximate surface area is 184 Å². The first-order valence-electron chi connectivity index (χ1n) is 10.9. The molecule has 2 heterocycles. The van der Waals surface area contributed by atoms with Gasteiger partial charge >= 0.3 is 0 Å². The Morgan fingerprint density at radius 2 is 1.84 bits per heavy atom. The van der Waals surface area contributed by atoms with E-state index in [2.05, 4.69) is 17.3 Å². The summed E-state index contributed by atoms with van der Waals surface area (Å²) < 4.78 is 29.3. The molecular formula is C22H31N5O3S. The van der Waals surface area contributed by atoms with Crippen LogP contribution in [0.15, 0.2) is 35.4 Å². The summed E-state index contributed by atoms with van der Waals surface area (Å²) in [5.41, 5.74) is 2.04. The van der Waals surface area contributed by atoms with Crippen LogP contribution in [0.2, 0.25) is 0 Å². The van der Waals surface area contributed by atoms with Crippen LogP contribution in [0, 0.1) is 19.8 Å². The van der Waals surface area contributed by atoms with E-state index in [-0.39, 0.29) is 18.5 Å². The second-order valence-electron chi connectivity index (χ2n) is 8.71. The number of sulfonamides is 1. The predicted octanol–water partition coefficient (Wildman–Crippen LogP) is 2.42. The van der Waals surface area contributed by atoms with Crippen LogP contribution >= 0.6 is 0 Å². The molecule has 31 heavy (non-hydrogen) atoms. The summed E-state index contributed by atoms with van der Waals surface area (Å²) >= 11 is 0. The van der Waals surface area contributed by atoms with Crippen LogP contribution in [0.4, 0.5) is 5.82 Å². The number of hydrogen-bond donors (Lipinski definition) is 1. The summed E-state index contributed by atoms with van der Waals surface area (Å²) in [6.45, 7) is 8.05. The van der Waals surface area contributed by atoms with Crippen molar-refractivity contribution in [1.82, 2.24) is 19.0 Å². The predicted molar refractivity (Wildman–Crippen MR) is 119 cm³/mol. The zero-order valence-corrected chi connectivity index (χ0v) is 19.2. The average molecular weight is 446 g/mol. The van der Waals surface area contributed by atoms with Crippen molar-refractivity contribution >= 4 is 21.7 Å². The number of nitrogens with zero attached hydrogens (tertiary/aromatic N) is 4. The number of piperazine rings is 1. The molecule has 9 heteroatoms. The molecule has 1 aromatic carbocycles. The van der Waals surface area contributed by atoms with Crippen molar-refractivity contribution < 1.29 is 13.2 Å². The van der Waals surface area contributed by atoms with Gasteiger partial charge in [0.2, 0.25) is 15.9 Å². The minimum atomic E-state index is -3.52. The van der Waals surface area contributed by atoms with Crippen molar-refractivity contribution in [3.8, 4) is 0 Å². The lowest BCUT2D eigenvalue weighted by Gasteiger charge is -2.33. The van der Waals surface area contributed by atoms with Crippen molar-refractivity contribution in [2.24, 2.45) is 5.92 Å². The maximum atomic E-state index is 13.0. The number of amides is 1. The molecule has 1 aliphatic heterocycles. The van der Waals surface area contributed by atoms with E-state index in [9.17, 15) is 13.2 Å². The number of anilines is 1. The Bertz CT molecular complexity index is 1050. The number of aromatic nitrogens is 2. The van der Waals surface area contributed by atoms with E-state index in [0.29, 0.717) is 37.0 Å². The Morgan fingerprint density at radius 1 is 1.13 bits per heavy atom. The highest BCUT2D eigenvalue weighted by atomic mass is 32.2. The summed E-state index contributed by atoms with van der Waals surface area (Å²) in [6.07, 6.45) is 4.14. The average Bonchev–Trinajstić information content (AvgIpc) is 3.49. The molecule has 2 fully saturated rings. The van der Waals surface area contributed by atoms with Crippen LogP contribution in [0.5, 0.6) is 0 Å². The second kappa shape index (κ2) is 8.72. The highest BCUT2D eigenvalue weighted by molar-refractivity contribution is 7.89. The number of benzene rings is 1. The summed E-state index contributed by atoms with van der Waals surface area (Å²) in [5, 5.41) is 7.34. The van der Waals surface area contributed by atoms with Crippen molar-refractivity contribution in [2.75, 3.05) is 38.0 Å². The fourth-order valence-electron chi connectivity index (χ4n) is 4.05. The van der Waals surface area contributed by atoms with Gasteiger partial charge in [-0.3, -0.25) is 9.69 Å². The number of carbonyl (C=O) groups is 1. The van der Waals surface area contributed by atoms with Crippen molar-refractivity contribution in [2.45, 2.75) is 44.6 Å². The standard InChI is InChI=1S/C22H31N5O3S/c1-16-4-7-20(14-17(16)2)31(29,30)26-12-10-25(11-13-26)15-22(28)24-21-8-9-23-27(21)18(3)19-5-6-19/h4,7-9,14,18-19H,5-6,10-13,15H2,1-3H3,(H,24,28). The Morgan fingerprint density at radius 3 is 2.48 bits per heavy atom. The van der Waals surface area contributed by atoms with Gasteiger partial charge < -0.3 is 5.32 Å². The fraction of sp³-hybridized carbons (Fsp3) is 0.545. The van der Waals surface area contributed by atoms with Gasteiger partial charge in [0.05, 0.1) is 23.7 Å². The molecule has 1 amide bonds. The van der Waals surface area contributed by atoms with Gasteiger partial charge in [0.1, 0.15) is 5.82 Å². The van der Waals surface area contributed by atoms with E-state index in [4.69, 9.17) is 0 Å². The molecule has 1 saturated heterocycles. The maximum Gasteiger partial charge on any atom is 0.243 e. The number of carbonyl (C=O) groups excluding carboxylic acids is 1. The molecule has 8 nitrogen and oxygen atoms in total. The van der Waals surface area contributed by atoms with Crippen molar-refractivity contribution in [3.63, 3.8) is 0 Å². The molecule has 1 aromatic heterocycles. The number of rotatable bonds is 7. The summed E-state index contributed by atoms with van der Waals surface area (Å²) in [6, 6.07) is 7.35. The third-order valence-electron chi connectivity index (χ3n) is 6.44. The van der Waals surface area contributed by atoms with E-state index in [0.717, 1.165) is 16.9 Å². The van der Waals surface area contributed by atoms with Gasteiger partial charge in [-0.1, -0.05) is 6.07 Å². The van der Waals surface area contributed by atoms with Crippen LogP contribution in [0.25, 0.3) is 0 Å². The minimum Gasteiger partial charge on any atom is -0.310 e. The largest absolute Gasteiger partial charge is 0.310 e. The lowest BCUT2D eigenvalue weighted by Crippen LogP contribution is -2.50. The van der Waals surface area contributed by atoms with Crippen LogP contribution < -0.4 is 5.32 Å². The highest BCUT2D eigenvalue weighted by Crippen LogP contribution is 2.40. The number of hydrogen-bond acceptors (Lipinski definition) is 5. The summed E-state index contributed by atoms with van der Waals surface area (Å²) in [5.74, 6) is 1.26. The van der Waals surface area contributed by atoms with Crippen molar-refractivity contribution in [3.05, 3.63) is 41.6 Å². The molecule has 1 N–H and O–H groups in total. The van der Waals surface area contributed by atoms with Gasteiger partial charge in [0, 0.05) is 32.2 Å². The third kappa shape index (κ3) is 4.83. The first-order chi connectivity index (χ1) is 14.8. The molecule has 1 saturated carbocycles. The van der Waals surface area contributed by atoms with E-state index in [1.807, 2.05) is 35.6 Å². The van der Waals surface area contributed by atoms with Gasteiger partial charge in [-0.05, 0) is 62.8 Å². The monoisotopic (exact) mass is 445 g/mol. The molecule has 1 unspecified atom stereocenters. The third-order valence-corrected chi connectivity index (χ3v) is 8.34. The van der Waals surface area contributed by atoms with Crippen LogP contribution in [0.1, 0.15) is 36.9 Å². The smallest absolute Gasteiger partial charge is 0.243 e.